The molecule has 1 spiro atoms. The van der Waals surface area contributed by atoms with Crippen molar-refractivity contribution in [3.63, 3.8) is 0 Å². The molecule has 4 fully saturated rings. The molecule has 2 atom stereocenters. The highest BCUT2D eigenvalue weighted by molar-refractivity contribution is 5.02. The fourth-order valence-electron chi connectivity index (χ4n) is 2.50. The first-order chi connectivity index (χ1) is 5.36. The average molecular weight is 155 g/mol. The van der Waals surface area contributed by atoms with Crippen molar-refractivity contribution in [2.24, 2.45) is 0 Å². The summed E-state index contributed by atoms with van der Waals surface area (Å²) in [4.78, 5) is 0. The van der Waals surface area contributed by atoms with Crippen molar-refractivity contribution >= 4 is 0 Å². The van der Waals surface area contributed by atoms with Crippen molar-refractivity contribution in [3.05, 3.63) is 0 Å². The zero-order valence-corrected chi connectivity index (χ0v) is 6.51. The van der Waals surface area contributed by atoms with E-state index in [0.29, 0.717) is 12.1 Å². The molecule has 11 heavy (non-hydrogen) atoms. The van der Waals surface area contributed by atoms with Crippen LogP contribution in [-0.4, -0.2) is 31.1 Å². The summed E-state index contributed by atoms with van der Waals surface area (Å²) >= 11 is 0. The van der Waals surface area contributed by atoms with Gasteiger partial charge in [0.1, 0.15) is 0 Å². The fourth-order valence-corrected chi connectivity index (χ4v) is 2.50. The SMILES string of the molecule is C1COC2(CC3CC(C2)N3)O1. The van der Waals surface area contributed by atoms with Crippen LogP contribution in [0.15, 0.2) is 0 Å². The van der Waals surface area contributed by atoms with Crippen LogP contribution in [0.3, 0.4) is 0 Å². The number of piperidine rings is 1. The highest BCUT2D eigenvalue weighted by atomic mass is 16.7. The Morgan fingerprint density at radius 2 is 1.64 bits per heavy atom. The Morgan fingerprint density at radius 3 is 2.18 bits per heavy atom. The largest absolute Gasteiger partial charge is 0.347 e. The van der Waals surface area contributed by atoms with E-state index in [1.54, 1.807) is 0 Å². The molecule has 3 heterocycles. The van der Waals surface area contributed by atoms with Crippen LogP contribution in [0.4, 0.5) is 0 Å². The van der Waals surface area contributed by atoms with Gasteiger partial charge >= 0.3 is 0 Å². The van der Waals surface area contributed by atoms with Gasteiger partial charge in [-0.2, -0.15) is 0 Å². The molecule has 1 saturated carbocycles. The molecule has 3 saturated heterocycles. The Morgan fingerprint density at radius 1 is 1.09 bits per heavy atom. The molecule has 4 rings (SSSR count). The second-order valence-corrected chi connectivity index (χ2v) is 3.81. The molecule has 1 aliphatic carbocycles. The van der Waals surface area contributed by atoms with Gasteiger partial charge in [0.15, 0.2) is 5.79 Å². The summed E-state index contributed by atoms with van der Waals surface area (Å²) in [5.74, 6) is -0.168. The topological polar surface area (TPSA) is 30.5 Å². The fraction of sp³-hybridized carbons (Fsp3) is 1.00. The smallest absolute Gasteiger partial charge is 0.171 e. The number of hydrogen-bond donors (Lipinski definition) is 1. The van der Waals surface area contributed by atoms with E-state index in [9.17, 15) is 0 Å². The predicted molar refractivity (Wildman–Crippen MR) is 39.2 cm³/mol. The van der Waals surface area contributed by atoms with Gasteiger partial charge in [-0.1, -0.05) is 0 Å². The van der Waals surface area contributed by atoms with Gasteiger partial charge in [0.25, 0.3) is 0 Å². The van der Waals surface area contributed by atoms with E-state index in [4.69, 9.17) is 9.47 Å². The normalized spacial score (nSPS) is 45.8. The maximum atomic E-state index is 5.62. The van der Waals surface area contributed by atoms with Gasteiger partial charge in [0.05, 0.1) is 13.2 Å². The van der Waals surface area contributed by atoms with Crippen molar-refractivity contribution < 1.29 is 9.47 Å². The molecule has 1 N–H and O–H groups in total. The molecule has 0 aromatic carbocycles. The lowest BCUT2D eigenvalue weighted by Crippen LogP contribution is -2.63. The number of rotatable bonds is 0. The highest BCUT2D eigenvalue weighted by Crippen LogP contribution is 2.40. The van der Waals surface area contributed by atoms with Crippen LogP contribution in [0, 0.1) is 0 Å². The molecular weight excluding hydrogens is 142 g/mol. The Hall–Kier alpha value is -0.120. The molecule has 0 amide bonds. The van der Waals surface area contributed by atoms with Gasteiger partial charge in [0.2, 0.25) is 0 Å². The average Bonchev–Trinajstić information content (AvgIpc) is 2.35. The Balaban J connectivity index is 1.78. The first kappa shape index (κ1) is 6.40. The first-order valence-electron chi connectivity index (χ1n) is 4.40. The summed E-state index contributed by atoms with van der Waals surface area (Å²) in [6.45, 7) is 1.58. The van der Waals surface area contributed by atoms with Crippen molar-refractivity contribution in [2.45, 2.75) is 37.1 Å². The summed E-state index contributed by atoms with van der Waals surface area (Å²) in [5, 5.41) is 3.47. The van der Waals surface area contributed by atoms with Gasteiger partial charge in [-0.3, -0.25) is 0 Å². The maximum Gasteiger partial charge on any atom is 0.171 e. The highest BCUT2D eigenvalue weighted by Gasteiger charge is 2.50. The second kappa shape index (κ2) is 1.97. The summed E-state index contributed by atoms with van der Waals surface area (Å²) in [7, 11) is 0. The molecular formula is C8H13NO2. The van der Waals surface area contributed by atoms with Crippen LogP contribution in [-0.2, 0) is 9.47 Å². The Labute approximate surface area is 66.1 Å². The molecule has 0 aromatic heterocycles. The van der Waals surface area contributed by atoms with E-state index >= 15 is 0 Å². The van der Waals surface area contributed by atoms with E-state index in [1.807, 2.05) is 0 Å². The molecule has 2 unspecified atom stereocenters. The zero-order valence-electron chi connectivity index (χ0n) is 6.51. The van der Waals surface area contributed by atoms with Crippen molar-refractivity contribution in [2.75, 3.05) is 13.2 Å². The van der Waals surface area contributed by atoms with Gasteiger partial charge in [-0.05, 0) is 6.42 Å². The summed E-state index contributed by atoms with van der Waals surface area (Å²) < 4.78 is 11.2. The minimum Gasteiger partial charge on any atom is -0.347 e. The maximum absolute atomic E-state index is 5.62. The standard InChI is InChI=1S/C8H13NO2/c1-2-11-8(10-1)4-6-3-7(5-8)9-6/h6-7,9H,1-5H2. The summed E-state index contributed by atoms with van der Waals surface area (Å²) in [6.07, 6.45) is 3.45. The van der Waals surface area contributed by atoms with E-state index in [-0.39, 0.29) is 5.79 Å². The number of hydrogen-bond acceptors (Lipinski definition) is 3. The Kier molecular flexibility index (Phi) is 1.15. The first-order valence-corrected chi connectivity index (χ1v) is 4.40. The molecule has 62 valence electrons. The zero-order chi connectivity index (χ0) is 7.31. The van der Waals surface area contributed by atoms with Crippen molar-refractivity contribution in [1.82, 2.24) is 5.32 Å². The van der Waals surface area contributed by atoms with Crippen molar-refractivity contribution in [1.29, 1.82) is 0 Å². The van der Waals surface area contributed by atoms with E-state index in [1.165, 1.54) is 6.42 Å². The molecule has 3 nitrogen and oxygen atoms in total. The molecule has 3 aliphatic heterocycles. The third kappa shape index (κ3) is 0.849. The van der Waals surface area contributed by atoms with Crippen LogP contribution >= 0.6 is 0 Å². The number of nitrogens with one attached hydrogen (secondary N) is 1. The lowest BCUT2D eigenvalue weighted by Gasteiger charge is -2.50. The Bertz CT molecular complexity index is 159. The predicted octanol–water partition coefficient (Wildman–Crippen LogP) is 0.254. The minimum atomic E-state index is -0.168. The number of ether oxygens (including phenoxy) is 2. The lowest BCUT2D eigenvalue weighted by atomic mass is 9.79. The third-order valence-corrected chi connectivity index (χ3v) is 2.97. The molecule has 4 aliphatic rings. The van der Waals surface area contributed by atoms with E-state index in [0.717, 1.165) is 26.1 Å². The van der Waals surface area contributed by atoms with Crippen LogP contribution in [0.1, 0.15) is 19.3 Å². The lowest BCUT2D eigenvalue weighted by molar-refractivity contribution is -0.205. The van der Waals surface area contributed by atoms with Crippen LogP contribution < -0.4 is 5.32 Å². The quantitative estimate of drug-likeness (QED) is 0.544. The third-order valence-electron chi connectivity index (χ3n) is 2.97. The molecule has 2 bridgehead atoms. The van der Waals surface area contributed by atoms with Crippen LogP contribution in [0.2, 0.25) is 0 Å². The molecule has 0 radical (unpaired) electrons. The van der Waals surface area contributed by atoms with Crippen LogP contribution in [0.25, 0.3) is 0 Å². The second-order valence-electron chi connectivity index (χ2n) is 3.81. The van der Waals surface area contributed by atoms with Crippen LogP contribution in [0.5, 0.6) is 0 Å². The van der Waals surface area contributed by atoms with Crippen molar-refractivity contribution in [3.8, 4) is 0 Å². The van der Waals surface area contributed by atoms with E-state index < -0.39 is 0 Å². The molecule has 0 aromatic rings. The van der Waals surface area contributed by atoms with Gasteiger partial charge in [0, 0.05) is 24.9 Å². The van der Waals surface area contributed by atoms with E-state index in [2.05, 4.69) is 5.32 Å². The summed E-state index contributed by atoms with van der Waals surface area (Å²) in [6, 6.07) is 1.35. The van der Waals surface area contributed by atoms with Gasteiger partial charge in [-0.15, -0.1) is 0 Å². The minimum absolute atomic E-state index is 0.168. The van der Waals surface area contributed by atoms with Gasteiger partial charge < -0.3 is 14.8 Å². The summed E-state index contributed by atoms with van der Waals surface area (Å²) in [5.41, 5.74) is 0. The monoisotopic (exact) mass is 155 g/mol. The van der Waals surface area contributed by atoms with Gasteiger partial charge in [-0.25, -0.2) is 0 Å². The molecule has 3 heteroatoms.